The van der Waals surface area contributed by atoms with Gasteiger partial charge in [-0.15, -0.1) is 0 Å². The Balaban J connectivity index is 2.20. The molecule has 1 aromatic carbocycles. The van der Waals surface area contributed by atoms with Gasteiger partial charge in [-0.3, -0.25) is 0 Å². The van der Waals surface area contributed by atoms with Gasteiger partial charge in [-0.25, -0.2) is 4.79 Å². The molecular weight excluding hydrogens is 321 g/mol. The van der Waals surface area contributed by atoms with Crippen LogP contribution in [0, 0.1) is 5.92 Å². The van der Waals surface area contributed by atoms with Gasteiger partial charge in [0.05, 0.1) is 5.56 Å². The molecule has 2 atom stereocenters. The lowest BCUT2D eigenvalue weighted by Gasteiger charge is -2.24. The number of hydrogen-bond donors (Lipinski definition) is 1. The molecule has 0 radical (unpaired) electrons. The van der Waals surface area contributed by atoms with E-state index in [0.717, 1.165) is 12.1 Å². The van der Waals surface area contributed by atoms with E-state index >= 15 is 0 Å². The highest BCUT2D eigenvalue weighted by Gasteiger charge is 2.38. The molecule has 0 saturated carbocycles. The number of amides is 1. The van der Waals surface area contributed by atoms with Crippen LogP contribution in [-0.2, 0) is 10.9 Å². The van der Waals surface area contributed by atoms with Gasteiger partial charge in [0.1, 0.15) is 5.60 Å². The Kier molecular flexibility index (Phi) is 5.13. The van der Waals surface area contributed by atoms with Crippen LogP contribution in [0.4, 0.5) is 18.0 Å². The summed E-state index contributed by atoms with van der Waals surface area (Å²) in [7, 11) is 0. The quantitative estimate of drug-likeness (QED) is 0.892. The number of nitrogens with two attached hydrogens (primary N) is 1. The molecule has 24 heavy (non-hydrogen) atoms. The molecule has 2 rings (SSSR count). The molecule has 0 aromatic heterocycles. The summed E-state index contributed by atoms with van der Waals surface area (Å²) in [6.45, 7) is 6.29. The van der Waals surface area contributed by atoms with Gasteiger partial charge in [0.2, 0.25) is 0 Å². The lowest BCUT2D eigenvalue weighted by atomic mass is 9.88. The minimum atomic E-state index is -4.39. The highest BCUT2D eigenvalue weighted by atomic mass is 19.4. The van der Waals surface area contributed by atoms with Crippen LogP contribution in [0.1, 0.15) is 37.8 Å². The van der Waals surface area contributed by atoms with Gasteiger partial charge in [-0.05, 0) is 44.9 Å². The summed E-state index contributed by atoms with van der Waals surface area (Å²) >= 11 is 0. The molecule has 1 fully saturated rings. The molecule has 2 N–H and O–H groups in total. The highest BCUT2D eigenvalue weighted by Crippen LogP contribution is 2.36. The van der Waals surface area contributed by atoms with Crippen LogP contribution in [0.2, 0.25) is 0 Å². The monoisotopic (exact) mass is 344 g/mol. The van der Waals surface area contributed by atoms with Gasteiger partial charge in [0.25, 0.3) is 0 Å². The first-order chi connectivity index (χ1) is 11.0. The zero-order valence-corrected chi connectivity index (χ0v) is 14.1. The third-order valence-corrected chi connectivity index (χ3v) is 4.04. The molecule has 0 aliphatic carbocycles. The molecule has 0 spiro atoms. The molecule has 1 aliphatic rings. The summed E-state index contributed by atoms with van der Waals surface area (Å²) in [4.78, 5) is 13.7. The minimum Gasteiger partial charge on any atom is -0.444 e. The van der Waals surface area contributed by atoms with E-state index in [1.54, 1.807) is 26.8 Å². The van der Waals surface area contributed by atoms with Crippen molar-refractivity contribution in [1.29, 1.82) is 0 Å². The number of halogens is 3. The SMILES string of the molecule is CC(C)(C)OC(=O)N1C[C@@H](CN)[C@H](c2cccc(C(F)(F)F)c2)C1. The minimum absolute atomic E-state index is 0.0963. The smallest absolute Gasteiger partial charge is 0.416 e. The number of nitrogens with zero attached hydrogens (tertiary/aromatic N) is 1. The molecule has 134 valence electrons. The van der Waals surface area contributed by atoms with Crippen molar-refractivity contribution in [3.05, 3.63) is 35.4 Å². The lowest BCUT2D eigenvalue weighted by Crippen LogP contribution is -2.35. The molecule has 0 unspecified atom stereocenters. The molecular formula is C17H23F3N2O2. The molecule has 4 nitrogen and oxygen atoms in total. The third kappa shape index (κ3) is 4.41. The zero-order chi connectivity index (χ0) is 18.1. The molecule has 1 aliphatic heterocycles. The summed E-state index contributed by atoms with van der Waals surface area (Å²) in [6.07, 6.45) is -4.85. The van der Waals surface area contributed by atoms with Gasteiger partial charge >= 0.3 is 12.3 Å². The van der Waals surface area contributed by atoms with Crippen molar-refractivity contribution >= 4 is 6.09 Å². The van der Waals surface area contributed by atoms with Gasteiger partial charge in [0.15, 0.2) is 0 Å². The summed E-state index contributed by atoms with van der Waals surface area (Å²) in [5.41, 5.74) is 5.01. The lowest BCUT2D eigenvalue weighted by molar-refractivity contribution is -0.137. The fourth-order valence-corrected chi connectivity index (χ4v) is 2.91. The molecule has 1 heterocycles. The number of hydrogen-bond acceptors (Lipinski definition) is 3. The maximum absolute atomic E-state index is 12.9. The van der Waals surface area contributed by atoms with E-state index in [-0.39, 0.29) is 11.8 Å². The average molecular weight is 344 g/mol. The van der Waals surface area contributed by atoms with Crippen molar-refractivity contribution in [1.82, 2.24) is 4.90 Å². The van der Waals surface area contributed by atoms with Crippen molar-refractivity contribution in [2.45, 2.75) is 38.5 Å². The number of carbonyl (C=O) groups is 1. The molecule has 1 aromatic rings. The fraction of sp³-hybridized carbons (Fsp3) is 0.588. The van der Waals surface area contributed by atoms with E-state index in [1.807, 2.05) is 0 Å². The Bertz CT molecular complexity index is 596. The van der Waals surface area contributed by atoms with Crippen LogP contribution >= 0.6 is 0 Å². The molecule has 1 amide bonds. The second kappa shape index (κ2) is 6.63. The van der Waals surface area contributed by atoms with E-state index in [9.17, 15) is 18.0 Å². The van der Waals surface area contributed by atoms with Crippen LogP contribution in [0.15, 0.2) is 24.3 Å². The second-order valence-corrected chi connectivity index (χ2v) is 7.11. The van der Waals surface area contributed by atoms with Gasteiger partial charge < -0.3 is 15.4 Å². The average Bonchev–Trinajstić information content (AvgIpc) is 2.89. The molecule has 1 saturated heterocycles. The fourth-order valence-electron chi connectivity index (χ4n) is 2.91. The molecule has 0 bridgehead atoms. The number of rotatable bonds is 2. The second-order valence-electron chi connectivity index (χ2n) is 7.11. The standard InChI is InChI=1S/C17H23F3N2O2/c1-16(2,3)24-15(23)22-9-12(8-21)14(10-22)11-5-4-6-13(7-11)17(18,19)20/h4-7,12,14H,8-10,21H2,1-3H3/t12-,14+/m1/s1. The number of benzene rings is 1. The number of alkyl halides is 3. The maximum Gasteiger partial charge on any atom is 0.416 e. The summed E-state index contributed by atoms with van der Waals surface area (Å²) in [6, 6.07) is 5.23. The van der Waals surface area contributed by atoms with Crippen molar-refractivity contribution in [3.63, 3.8) is 0 Å². The van der Waals surface area contributed by atoms with Gasteiger partial charge in [-0.2, -0.15) is 13.2 Å². The van der Waals surface area contributed by atoms with Gasteiger partial charge in [-0.1, -0.05) is 18.2 Å². The van der Waals surface area contributed by atoms with Crippen LogP contribution < -0.4 is 5.73 Å². The Morgan fingerprint density at radius 2 is 1.96 bits per heavy atom. The summed E-state index contributed by atoms with van der Waals surface area (Å²) in [5.74, 6) is -0.328. The van der Waals surface area contributed by atoms with Crippen LogP contribution in [0.5, 0.6) is 0 Å². The Morgan fingerprint density at radius 3 is 2.50 bits per heavy atom. The first-order valence-electron chi connectivity index (χ1n) is 7.86. The zero-order valence-electron chi connectivity index (χ0n) is 14.1. The Hall–Kier alpha value is -1.76. The third-order valence-electron chi connectivity index (χ3n) is 4.04. The van der Waals surface area contributed by atoms with Crippen LogP contribution in [0.3, 0.4) is 0 Å². The van der Waals surface area contributed by atoms with E-state index in [1.165, 1.54) is 11.0 Å². The first-order valence-corrected chi connectivity index (χ1v) is 7.86. The predicted molar refractivity (Wildman–Crippen MR) is 84.5 cm³/mol. The van der Waals surface area contributed by atoms with Crippen molar-refractivity contribution in [3.8, 4) is 0 Å². The number of ether oxygens (including phenoxy) is 1. The Labute approximate surface area is 139 Å². The van der Waals surface area contributed by atoms with E-state index in [2.05, 4.69) is 0 Å². The van der Waals surface area contributed by atoms with E-state index < -0.39 is 23.4 Å². The maximum atomic E-state index is 12.9. The molecule has 7 heteroatoms. The number of likely N-dealkylation sites (tertiary alicyclic amines) is 1. The first kappa shape index (κ1) is 18.6. The predicted octanol–water partition coefficient (Wildman–Crippen LogP) is 3.61. The topological polar surface area (TPSA) is 55.6 Å². The van der Waals surface area contributed by atoms with Crippen LogP contribution in [-0.4, -0.2) is 36.2 Å². The van der Waals surface area contributed by atoms with Crippen LogP contribution in [0.25, 0.3) is 0 Å². The highest BCUT2D eigenvalue weighted by molar-refractivity contribution is 5.68. The normalized spacial score (nSPS) is 21.9. The van der Waals surface area contributed by atoms with Crippen molar-refractivity contribution in [2.75, 3.05) is 19.6 Å². The Morgan fingerprint density at radius 1 is 1.29 bits per heavy atom. The van der Waals surface area contributed by atoms with Crippen molar-refractivity contribution in [2.24, 2.45) is 11.7 Å². The summed E-state index contributed by atoms with van der Waals surface area (Å²) < 4.78 is 44.1. The van der Waals surface area contributed by atoms with E-state index in [4.69, 9.17) is 10.5 Å². The summed E-state index contributed by atoms with van der Waals surface area (Å²) in [5, 5.41) is 0. The van der Waals surface area contributed by atoms with Crippen molar-refractivity contribution < 1.29 is 22.7 Å². The van der Waals surface area contributed by atoms with Gasteiger partial charge in [0, 0.05) is 19.0 Å². The van der Waals surface area contributed by atoms with E-state index in [0.29, 0.717) is 25.2 Å². The number of carbonyl (C=O) groups excluding carboxylic acids is 1. The largest absolute Gasteiger partial charge is 0.444 e.